The van der Waals surface area contributed by atoms with E-state index in [-0.39, 0.29) is 0 Å². The predicted molar refractivity (Wildman–Crippen MR) is 76.8 cm³/mol. The minimum Gasteiger partial charge on any atom is -0.317 e. The molecule has 0 unspecified atom stereocenters. The topological polar surface area (TPSA) is 46.0 Å². The largest absolute Gasteiger partial charge is 0.317 e. The SMILES string of the molecule is CCn1ncnc1CN(CC1CCNCC1)C(C)C. The van der Waals surface area contributed by atoms with E-state index in [4.69, 9.17) is 0 Å². The van der Waals surface area contributed by atoms with Crippen LogP contribution in [0.2, 0.25) is 0 Å². The standard InChI is InChI=1S/C14H27N5/c1-4-19-14(16-11-17-19)10-18(12(2)3)9-13-5-7-15-8-6-13/h11-13,15H,4-10H2,1-3H3. The lowest BCUT2D eigenvalue weighted by Crippen LogP contribution is -2.39. The maximum atomic E-state index is 4.40. The summed E-state index contributed by atoms with van der Waals surface area (Å²) >= 11 is 0. The molecule has 1 aliphatic heterocycles. The molecule has 5 nitrogen and oxygen atoms in total. The van der Waals surface area contributed by atoms with Crippen LogP contribution in [-0.4, -0.2) is 45.3 Å². The molecule has 2 heterocycles. The van der Waals surface area contributed by atoms with E-state index in [1.165, 1.54) is 32.5 Å². The van der Waals surface area contributed by atoms with Crippen LogP contribution >= 0.6 is 0 Å². The number of nitrogens with zero attached hydrogens (tertiary/aromatic N) is 4. The highest BCUT2D eigenvalue weighted by atomic mass is 15.3. The van der Waals surface area contributed by atoms with Crippen LogP contribution in [0.25, 0.3) is 0 Å². The highest BCUT2D eigenvalue weighted by Crippen LogP contribution is 2.16. The van der Waals surface area contributed by atoms with Gasteiger partial charge < -0.3 is 5.32 Å². The van der Waals surface area contributed by atoms with Crippen molar-refractivity contribution in [2.75, 3.05) is 19.6 Å². The summed E-state index contributed by atoms with van der Waals surface area (Å²) in [7, 11) is 0. The number of hydrogen-bond donors (Lipinski definition) is 1. The fourth-order valence-electron chi connectivity index (χ4n) is 2.71. The van der Waals surface area contributed by atoms with Crippen LogP contribution < -0.4 is 5.32 Å². The molecule has 1 N–H and O–H groups in total. The summed E-state index contributed by atoms with van der Waals surface area (Å²) < 4.78 is 2.00. The molecule has 19 heavy (non-hydrogen) atoms. The summed E-state index contributed by atoms with van der Waals surface area (Å²) in [6, 6.07) is 0.553. The molecule has 0 spiro atoms. The number of hydrogen-bond acceptors (Lipinski definition) is 4. The van der Waals surface area contributed by atoms with Crippen molar-refractivity contribution in [2.24, 2.45) is 5.92 Å². The van der Waals surface area contributed by atoms with Crippen LogP contribution in [0.3, 0.4) is 0 Å². The zero-order valence-electron chi connectivity index (χ0n) is 12.5. The van der Waals surface area contributed by atoms with Crippen molar-refractivity contribution in [1.82, 2.24) is 25.0 Å². The number of rotatable bonds is 6. The quantitative estimate of drug-likeness (QED) is 0.847. The van der Waals surface area contributed by atoms with Crippen molar-refractivity contribution in [3.8, 4) is 0 Å². The van der Waals surface area contributed by atoms with Gasteiger partial charge in [-0.15, -0.1) is 0 Å². The number of aryl methyl sites for hydroxylation is 1. The van der Waals surface area contributed by atoms with E-state index in [0.29, 0.717) is 6.04 Å². The van der Waals surface area contributed by atoms with Gasteiger partial charge in [-0.25, -0.2) is 9.67 Å². The molecule has 108 valence electrons. The van der Waals surface area contributed by atoms with Gasteiger partial charge in [0.2, 0.25) is 0 Å². The van der Waals surface area contributed by atoms with Gasteiger partial charge in [-0.1, -0.05) is 0 Å². The minimum absolute atomic E-state index is 0.553. The molecular formula is C14H27N5. The Hall–Kier alpha value is -0.940. The Morgan fingerprint density at radius 2 is 2.16 bits per heavy atom. The van der Waals surface area contributed by atoms with Crippen molar-refractivity contribution in [3.63, 3.8) is 0 Å². The first-order chi connectivity index (χ1) is 9.20. The zero-order valence-corrected chi connectivity index (χ0v) is 12.5. The first-order valence-corrected chi connectivity index (χ1v) is 7.52. The molecule has 0 bridgehead atoms. The van der Waals surface area contributed by atoms with Gasteiger partial charge in [0.05, 0.1) is 6.54 Å². The summed E-state index contributed by atoms with van der Waals surface area (Å²) in [6.07, 6.45) is 4.26. The fourth-order valence-corrected chi connectivity index (χ4v) is 2.71. The van der Waals surface area contributed by atoms with Crippen LogP contribution in [0.1, 0.15) is 39.4 Å². The van der Waals surface area contributed by atoms with E-state index in [0.717, 1.165) is 24.8 Å². The lowest BCUT2D eigenvalue weighted by Gasteiger charge is -2.32. The first-order valence-electron chi connectivity index (χ1n) is 7.52. The smallest absolute Gasteiger partial charge is 0.141 e. The Morgan fingerprint density at radius 3 is 2.79 bits per heavy atom. The lowest BCUT2D eigenvalue weighted by molar-refractivity contribution is 0.156. The second-order valence-electron chi connectivity index (χ2n) is 5.71. The van der Waals surface area contributed by atoms with Crippen molar-refractivity contribution in [2.45, 2.75) is 52.7 Å². The Morgan fingerprint density at radius 1 is 1.42 bits per heavy atom. The fraction of sp³-hybridized carbons (Fsp3) is 0.857. The van der Waals surface area contributed by atoms with Crippen molar-refractivity contribution < 1.29 is 0 Å². The minimum atomic E-state index is 0.553. The molecule has 2 rings (SSSR count). The first kappa shape index (κ1) is 14.5. The molecule has 1 aliphatic rings. The van der Waals surface area contributed by atoms with Gasteiger partial charge in [0.15, 0.2) is 0 Å². The molecule has 0 atom stereocenters. The molecule has 1 aromatic heterocycles. The van der Waals surface area contributed by atoms with Gasteiger partial charge in [0.25, 0.3) is 0 Å². The molecule has 0 saturated carbocycles. The molecule has 0 aromatic carbocycles. The molecule has 0 aliphatic carbocycles. The normalized spacial score (nSPS) is 17.5. The summed E-state index contributed by atoms with van der Waals surface area (Å²) in [5.41, 5.74) is 0. The van der Waals surface area contributed by atoms with Crippen LogP contribution in [0.15, 0.2) is 6.33 Å². The van der Waals surface area contributed by atoms with E-state index in [1.54, 1.807) is 6.33 Å². The van der Waals surface area contributed by atoms with E-state index < -0.39 is 0 Å². The second-order valence-corrected chi connectivity index (χ2v) is 5.71. The molecule has 0 amide bonds. The van der Waals surface area contributed by atoms with Crippen LogP contribution in [0, 0.1) is 5.92 Å². The van der Waals surface area contributed by atoms with Crippen LogP contribution in [-0.2, 0) is 13.1 Å². The summed E-state index contributed by atoms with van der Waals surface area (Å²) in [5.74, 6) is 1.91. The van der Waals surface area contributed by atoms with Gasteiger partial charge in [0, 0.05) is 19.1 Å². The Kier molecular flexibility index (Phi) is 5.34. The number of aromatic nitrogens is 3. The average Bonchev–Trinajstić information content (AvgIpc) is 2.86. The van der Waals surface area contributed by atoms with Crippen molar-refractivity contribution >= 4 is 0 Å². The maximum Gasteiger partial charge on any atom is 0.141 e. The molecule has 1 saturated heterocycles. The molecule has 1 fully saturated rings. The maximum absolute atomic E-state index is 4.40. The van der Waals surface area contributed by atoms with Gasteiger partial charge in [-0.05, 0) is 52.6 Å². The van der Waals surface area contributed by atoms with E-state index in [2.05, 4.69) is 41.1 Å². The molecular weight excluding hydrogens is 238 g/mol. The number of nitrogens with one attached hydrogen (secondary N) is 1. The van der Waals surface area contributed by atoms with E-state index in [1.807, 2.05) is 4.68 Å². The third-order valence-corrected chi connectivity index (χ3v) is 4.02. The van der Waals surface area contributed by atoms with Gasteiger partial charge >= 0.3 is 0 Å². The second kappa shape index (κ2) is 7.01. The highest BCUT2D eigenvalue weighted by Gasteiger charge is 2.20. The van der Waals surface area contributed by atoms with Crippen LogP contribution in [0.4, 0.5) is 0 Å². The number of piperidine rings is 1. The summed E-state index contributed by atoms with van der Waals surface area (Å²) in [6.45, 7) is 12.0. The summed E-state index contributed by atoms with van der Waals surface area (Å²) in [4.78, 5) is 6.93. The Balaban J connectivity index is 1.95. The van der Waals surface area contributed by atoms with Crippen molar-refractivity contribution in [1.29, 1.82) is 0 Å². The predicted octanol–water partition coefficient (Wildman–Crippen LogP) is 1.51. The van der Waals surface area contributed by atoms with E-state index >= 15 is 0 Å². The van der Waals surface area contributed by atoms with Crippen molar-refractivity contribution in [3.05, 3.63) is 12.2 Å². The van der Waals surface area contributed by atoms with Gasteiger partial charge in [-0.2, -0.15) is 5.10 Å². The molecule has 5 heteroatoms. The van der Waals surface area contributed by atoms with Crippen LogP contribution in [0.5, 0.6) is 0 Å². The molecule has 1 aromatic rings. The van der Waals surface area contributed by atoms with E-state index in [9.17, 15) is 0 Å². The summed E-state index contributed by atoms with van der Waals surface area (Å²) in [5, 5.41) is 7.70. The Bertz CT molecular complexity index is 368. The lowest BCUT2D eigenvalue weighted by atomic mass is 9.97. The third-order valence-electron chi connectivity index (χ3n) is 4.02. The van der Waals surface area contributed by atoms with Gasteiger partial charge in [-0.3, -0.25) is 4.90 Å². The zero-order chi connectivity index (χ0) is 13.7. The third kappa shape index (κ3) is 4.01. The highest BCUT2D eigenvalue weighted by molar-refractivity contribution is 4.86. The molecule has 0 radical (unpaired) electrons. The Labute approximate surface area is 116 Å². The average molecular weight is 265 g/mol. The monoisotopic (exact) mass is 265 g/mol. The van der Waals surface area contributed by atoms with Gasteiger partial charge in [0.1, 0.15) is 12.2 Å².